The molecule has 1 atom stereocenters. The zero-order chi connectivity index (χ0) is 28.1. The van der Waals surface area contributed by atoms with Crippen LogP contribution in [0.3, 0.4) is 0 Å². The van der Waals surface area contributed by atoms with Gasteiger partial charge in [-0.15, -0.1) is 23.1 Å². The third-order valence-corrected chi connectivity index (χ3v) is 7.77. The molecule has 0 aliphatic carbocycles. The van der Waals surface area contributed by atoms with Crippen molar-refractivity contribution in [3.63, 3.8) is 0 Å². The molecule has 0 aliphatic rings. The number of carboxylic acids is 2. The number of carboxylic acid groups (broad SMARTS) is 2. The lowest BCUT2D eigenvalue weighted by molar-refractivity contribution is -0.115. The normalized spacial score (nSPS) is 11.4. The number of halogens is 1. The van der Waals surface area contributed by atoms with Crippen LogP contribution in [0.1, 0.15) is 38.0 Å². The number of aromatic nitrogens is 1. The van der Waals surface area contributed by atoms with Gasteiger partial charge in [0.25, 0.3) is 5.91 Å². The fraction of sp³-hybridized carbons (Fsp3) is 0.0741. The van der Waals surface area contributed by atoms with E-state index in [9.17, 15) is 24.3 Å². The summed E-state index contributed by atoms with van der Waals surface area (Å²) in [6.07, 6.45) is 0. The van der Waals surface area contributed by atoms with E-state index in [-0.39, 0.29) is 17.0 Å². The minimum Gasteiger partial charge on any atom is -0.478 e. The molecule has 0 radical (unpaired) electrons. The first kappa shape index (κ1) is 28.0. The monoisotopic (exact) mass is 625 g/mol. The van der Waals surface area contributed by atoms with E-state index in [1.165, 1.54) is 29.2 Å². The zero-order valence-corrected chi connectivity index (χ0v) is 23.4. The minimum atomic E-state index is -1.42. The summed E-state index contributed by atoms with van der Waals surface area (Å²) in [5.41, 5.74) is 1.24. The fourth-order valence-corrected chi connectivity index (χ4v) is 5.36. The van der Waals surface area contributed by atoms with Gasteiger partial charge in [-0.05, 0) is 55.5 Å². The summed E-state index contributed by atoms with van der Waals surface area (Å²) in [5, 5.41) is 25.9. The molecule has 4 aromatic rings. The number of hydrogen-bond donors (Lipinski definition) is 4. The van der Waals surface area contributed by atoms with Crippen LogP contribution in [0.2, 0.25) is 0 Å². The van der Waals surface area contributed by atoms with E-state index >= 15 is 0 Å². The first-order valence-corrected chi connectivity index (χ1v) is 13.9. The highest BCUT2D eigenvalue weighted by Gasteiger charge is 2.20. The number of thioether (sulfide) groups is 1. The molecule has 0 spiro atoms. The van der Waals surface area contributed by atoms with Gasteiger partial charge >= 0.3 is 11.9 Å². The molecule has 39 heavy (non-hydrogen) atoms. The van der Waals surface area contributed by atoms with Crippen LogP contribution >= 0.6 is 39.0 Å². The van der Waals surface area contributed by atoms with Crippen LogP contribution in [0.15, 0.2) is 81.5 Å². The second kappa shape index (κ2) is 12.2. The molecule has 198 valence electrons. The van der Waals surface area contributed by atoms with Crippen molar-refractivity contribution in [3.05, 3.63) is 93.3 Å². The van der Waals surface area contributed by atoms with Crippen molar-refractivity contribution >= 4 is 73.6 Å². The van der Waals surface area contributed by atoms with Gasteiger partial charge in [-0.3, -0.25) is 9.59 Å². The summed E-state index contributed by atoms with van der Waals surface area (Å²) < 4.78 is 0.962. The molecule has 1 unspecified atom stereocenters. The lowest BCUT2D eigenvalue weighted by Crippen LogP contribution is -2.22. The first-order valence-electron chi connectivity index (χ1n) is 11.3. The molecule has 1 heterocycles. The number of anilines is 2. The highest BCUT2D eigenvalue weighted by Crippen LogP contribution is 2.29. The van der Waals surface area contributed by atoms with Gasteiger partial charge in [-0.25, -0.2) is 14.6 Å². The molecule has 0 aliphatic heterocycles. The predicted octanol–water partition coefficient (Wildman–Crippen LogP) is 6.34. The van der Waals surface area contributed by atoms with Crippen LogP contribution in [-0.2, 0) is 4.79 Å². The minimum absolute atomic E-state index is 0.177. The molecule has 0 saturated carbocycles. The Hall–Kier alpha value is -4.00. The van der Waals surface area contributed by atoms with Crippen molar-refractivity contribution in [1.82, 2.24) is 4.98 Å². The number of thiazole rings is 1. The lowest BCUT2D eigenvalue weighted by atomic mass is 10.0. The van der Waals surface area contributed by atoms with E-state index in [1.807, 2.05) is 29.6 Å². The summed E-state index contributed by atoms with van der Waals surface area (Å²) in [6, 6.07) is 17.7. The van der Waals surface area contributed by atoms with E-state index in [4.69, 9.17) is 5.11 Å². The third kappa shape index (κ3) is 7.11. The number of aromatic carboxylic acids is 2. The van der Waals surface area contributed by atoms with E-state index < -0.39 is 28.7 Å². The summed E-state index contributed by atoms with van der Waals surface area (Å²) in [6.45, 7) is 1.75. The number of amides is 2. The van der Waals surface area contributed by atoms with Crippen LogP contribution < -0.4 is 10.6 Å². The van der Waals surface area contributed by atoms with Gasteiger partial charge in [0.05, 0.1) is 27.6 Å². The standard InChI is InChI=1S/C27H20BrN3O6S2/c1-14(23(32)31-27-30-22(13-38-27)15-5-8-17(28)9-6-15)39-19-4-2-3-18(12-19)29-24(33)20-10-7-16(25(34)35)11-21(20)26(36)37/h2-14H,1H3,(H,29,33)(H,34,35)(H,36,37)(H,30,31,32). The maximum Gasteiger partial charge on any atom is 0.336 e. The highest BCUT2D eigenvalue weighted by molar-refractivity contribution is 9.10. The Balaban J connectivity index is 1.40. The van der Waals surface area contributed by atoms with Crippen LogP contribution in [-0.4, -0.2) is 44.2 Å². The topological polar surface area (TPSA) is 146 Å². The Labute approximate surface area is 239 Å². The van der Waals surface area contributed by atoms with Crippen molar-refractivity contribution in [2.75, 3.05) is 10.6 Å². The van der Waals surface area contributed by atoms with Crippen LogP contribution in [0.5, 0.6) is 0 Å². The van der Waals surface area contributed by atoms with Crippen LogP contribution in [0, 0.1) is 0 Å². The van der Waals surface area contributed by atoms with E-state index in [2.05, 4.69) is 31.5 Å². The van der Waals surface area contributed by atoms with Crippen molar-refractivity contribution in [3.8, 4) is 11.3 Å². The van der Waals surface area contributed by atoms with Crippen molar-refractivity contribution in [2.45, 2.75) is 17.1 Å². The molecular formula is C27H20BrN3O6S2. The van der Waals surface area contributed by atoms with E-state index in [0.717, 1.165) is 27.9 Å². The van der Waals surface area contributed by atoms with Gasteiger partial charge in [0, 0.05) is 26.0 Å². The summed E-state index contributed by atoms with van der Waals surface area (Å²) in [4.78, 5) is 53.5. The molecule has 9 nitrogen and oxygen atoms in total. The first-order chi connectivity index (χ1) is 18.6. The van der Waals surface area contributed by atoms with Gasteiger partial charge in [0.15, 0.2) is 5.13 Å². The largest absolute Gasteiger partial charge is 0.478 e. The molecule has 2 amide bonds. The molecular weight excluding hydrogens is 606 g/mol. The van der Waals surface area contributed by atoms with Gasteiger partial charge < -0.3 is 20.8 Å². The fourth-order valence-electron chi connectivity index (χ4n) is 3.45. The number of nitrogens with zero attached hydrogens (tertiary/aromatic N) is 1. The Morgan fingerprint density at radius 2 is 1.67 bits per heavy atom. The number of carbonyl (C=O) groups is 4. The average Bonchev–Trinajstić information content (AvgIpc) is 3.37. The Kier molecular flexibility index (Phi) is 8.79. The number of nitrogens with one attached hydrogen (secondary N) is 2. The number of hydrogen-bond acceptors (Lipinski definition) is 7. The Morgan fingerprint density at radius 1 is 0.923 bits per heavy atom. The molecule has 4 N–H and O–H groups in total. The molecule has 3 aromatic carbocycles. The molecule has 12 heteroatoms. The molecule has 1 aromatic heterocycles. The van der Waals surface area contributed by atoms with Crippen LogP contribution in [0.25, 0.3) is 11.3 Å². The SMILES string of the molecule is CC(Sc1cccc(NC(=O)c2ccc(C(=O)O)cc2C(=O)O)c1)C(=O)Nc1nc(-c2ccc(Br)cc2)cs1. The zero-order valence-electron chi connectivity index (χ0n) is 20.2. The highest BCUT2D eigenvalue weighted by atomic mass is 79.9. The summed E-state index contributed by atoms with van der Waals surface area (Å²) in [7, 11) is 0. The number of rotatable bonds is 9. The van der Waals surface area contributed by atoms with E-state index in [0.29, 0.717) is 15.7 Å². The maximum absolute atomic E-state index is 12.8. The van der Waals surface area contributed by atoms with Gasteiger partial charge in [0.1, 0.15) is 0 Å². The molecule has 0 bridgehead atoms. The molecule has 0 saturated heterocycles. The second-order valence-corrected chi connectivity index (χ2v) is 11.3. The Morgan fingerprint density at radius 3 is 2.36 bits per heavy atom. The van der Waals surface area contributed by atoms with Gasteiger partial charge in [-0.1, -0.05) is 34.1 Å². The second-order valence-electron chi connectivity index (χ2n) is 8.15. The summed E-state index contributed by atoms with van der Waals surface area (Å²) in [5.74, 6) is -3.66. The average molecular weight is 627 g/mol. The summed E-state index contributed by atoms with van der Waals surface area (Å²) >= 11 is 6.01. The number of carbonyl (C=O) groups excluding carboxylic acids is 2. The quantitative estimate of drug-likeness (QED) is 0.158. The molecule has 4 rings (SSSR count). The predicted molar refractivity (Wildman–Crippen MR) is 154 cm³/mol. The lowest BCUT2D eigenvalue weighted by Gasteiger charge is -2.12. The van der Waals surface area contributed by atoms with Gasteiger partial charge in [-0.2, -0.15) is 0 Å². The number of benzene rings is 3. The van der Waals surface area contributed by atoms with Crippen molar-refractivity contribution in [2.24, 2.45) is 0 Å². The van der Waals surface area contributed by atoms with E-state index in [1.54, 1.807) is 31.2 Å². The van der Waals surface area contributed by atoms with Crippen LogP contribution in [0.4, 0.5) is 10.8 Å². The third-order valence-electron chi connectivity index (χ3n) is 5.39. The van der Waals surface area contributed by atoms with Crippen molar-refractivity contribution in [1.29, 1.82) is 0 Å². The molecule has 0 fully saturated rings. The van der Waals surface area contributed by atoms with Gasteiger partial charge in [0.2, 0.25) is 5.91 Å². The smallest absolute Gasteiger partial charge is 0.336 e. The van der Waals surface area contributed by atoms with Crippen molar-refractivity contribution < 1.29 is 29.4 Å². The Bertz CT molecular complexity index is 1570. The maximum atomic E-state index is 12.8.